The predicted molar refractivity (Wildman–Crippen MR) is 63.8 cm³/mol. The van der Waals surface area contributed by atoms with Gasteiger partial charge in [-0.15, -0.1) is 0 Å². The zero-order chi connectivity index (χ0) is 10.8. The van der Waals surface area contributed by atoms with Gasteiger partial charge in [-0.2, -0.15) is 0 Å². The number of halogens is 1. The van der Waals surface area contributed by atoms with E-state index in [9.17, 15) is 0 Å². The van der Waals surface area contributed by atoms with Crippen LogP contribution in [0.25, 0.3) is 11.1 Å². The van der Waals surface area contributed by atoms with Crippen molar-refractivity contribution in [3.05, 3.63) is 47.1 Å². The van der Waals surface area contributed by atoms with Gasteiger partial charge in [-0.05, 0) is 24.6 Å². The van der Waals surface area contributed by atoms with Crippen LogP contribution in [0.5, 0.6) is 0 Å². The van der Waals surface area contributed by atoms with Crippen molar-refractivity contribution in [2.45, 2.75) is 6.92 Å². The quantitative estimate of drug-likeness (QED) is 0.798. The lowest BCUT2D eigenvalue weighted by molar-refractivity contribution is 1.33. The summed E-state index contributed by atoms with van der Waals surface area (Å²) < 4.78 is 0. The SMILES string of the molecule is Cc1cccc(-c2ccc(N)nc2)c1Cl. The van der Waals surface area contributed by atoms with Crippen molar-refractivity contribution in [2.75, 3.05) is 5.73 Å². The van der Waals surface area contributed by atoms with Crippen LogP contribution in [-0.4, -0.2) is 4.98 Å². The van der Waals surface area contributed by atoms with Crippen LogP contribution >= 0.6 is 11.6 Å². The molecule has 2 aromatic rings. The number of aromatic nitrogens is 1. The molecule has 0 unspecified atom stereocenters. The topological polar surface area (TPSA) is 38.9 Å². The molecule has 1 heterocycles. The average molecular weight is 219 g/mol. The van der Waals surface area contributed by atoms with Gasteiger partial charge in [0.2, 0.25) is 0 Å². The summed E-state index contributed by atoms with van der Waals surface area (Å²) in [6.45, 7) is 1.98. The molecule has 2 nitrogen and oxygen atoms in total. The first kappa shape index (κ1) is 9.99. The summed E-state index contributed by atoms with van der Waals surface area (Å²) in [4.78, 5) is 4.05. The van der Waals surface area contributed by atoms with Gasteiger partial charge in [0, 0.05) is 17.3 Å². The van der Waals surface area contributed by atoms with E-state index in [4.69, 9.17) is 17.3 Å². The number of hydrogen-bond donors (Lipinski definition) is 1. The van der Waals surface area contributed by atoms with Crippen molar-refractivity contribution in [2.24, 2.45) is 0 Å². The van der Waals surface area contributed by atoms with E-state index in [-0.39, 0.29) is 0 Å². The van der Waals surface area contributed by atoms with Crippen LogP contribution in [0.4, 0.5) is 5.82 Å². The third-order valence-electron chi connectivity index (χ3n) is 2.29. The molecule has 0 atom stereocenters. The normalized spacial score (nSPS) is 10.3. The summed E-state index contributed by atoms with van der Waals surface area (Å²) in [6.07, 6.45) is 1.73. The van der Waals surface area contributed by atoms with Gasteiger partial charge >= 0.3 is 0 Å². The molecule has 76 valence electrons. The summed E-state index contributed by atoms with van der Waals surface area (Å²) in [5.41, 5.74) is 8.56. The number of benzene rings is 1. The molecular weight excluding hydrogens is 208 g/mol. The van der Waals surface area contributed by atoms with Crippen LogP contribution in [-0.2, 0) is 0 Å². The molecule has 0 fully saturated rings. The number of nitrogens with zero attached hydrogens (tertiary/aromatic N) is 1. The molecule has 0 aliphatic heterocycles. The second kappa shape index (κ2) is 3.91. The van der Waals surface area contributed by atoms with Crippen LogP contribution in [0.3, 0.4) is 0 Å². The molecule has 0 radical (unpaired) electrons. The van der Waals surface area contributed by atoms with E-state index in [1.165, 1.54) is 0 Å². The largest absolute Gasteiger partial charge is 0.384 e. The maximum Gasteiger partial charge on any atom is 0.123 e. The Kier molecular flexibility index (Phi) is 2.60. The minimum atomic E-state index is 0.516. The van der Waals surface area contributed by atoms with Crippen LogP contribution < -0.4 is 5.73 Å². The minimum Gasteiger partial charge on any atom is -0.384 e. The molecule has 0 saturated heterocycles. The number of hydrogen-bond acceptors (Lipinski definition) is 2. The van der Waals surface area contributed by atoms with Crippen molar-refractivity contribution in [3.63, 3.8) is 0 Å². The van der Waals surface area contributed by atoms with Crippen molar-refractivity contribution < 1.29 is 0 Å². The van der Waals surface area contributed by atoms with E-state index >= 15 is 0 Å². The molecule has 0 aliphatic carbocycles. The average Bonchev–Trinajstić information content (AvgIpc) is 2.24. The third-order valence-corrected chi connectivity index (χ3v) is 2.79. The lowest BCUT2D eigenvalue weighted by Crippen LogP contribution is -1.89. The Balaban J connectivity index is 2.54. The van der Waals surface area contributed by atoms with E-state index in [0.29, 0.717) is 5.82 Å². The fraction of sp³-hybridized carbons (Fsp3) is 0.0833. The lowest BCUT2D eigenvalue weighted by atomic mass is 10.1. The van der Waals surface area contributed by atoms with Crippen LogP contribution in [0, 0.1) is 6.92 Å². The highest BCUT2D eigenvalue weighted by Gasteiger charge is 2.05. The molecule has 1 aromatic carbocycles. The first-order chi connectivity index (χ1) is 7.18. The molecule has 0 bridgehead atoms. The van der Waals surface area contributed by atoms with Gasteiger partial charge in [-0.1, -0.05) is 29.8 Å². The van der Waals surface area contributed by atoms with Crippen LogP contribution in [0.2, 0.25) is 5.02 Å². The van der Waals surface area contributed by atoms with Gasteiger partial charge < -0.3 is 5.73 Å². The van der Waals surface area contributed by atoms with Gasteiger partial charge in [0.15, 0.2) is 0 Å². The fourth-order valence-corrected chi connectivity index (χ4v) is 1.67. The Hall–Kier alpha value is -1.54. The van der Waals surface area contributed by atoms with Crippen LogP contribution in [0.15, 0.2) is 36.5 Å². The maximum absolute atomic E-state index is 6.21. The maximum atomic E-state index is 6.21. The zero-order valence-corrected chi connectivity index (χ0v) is 9.12. The Morgan fingerprint density at radius 2 is 2.00 bits per heavy atom. The molecule has 2 rings (SSSR count). The number of nitrogens with two attached hydrogens (primary N) is 1. The minimum absolute atomic E-state index is 0.516. The first-order valence-corrected chi connectivity index (χ1v) is 5.03. The van der Waals surface area contributed by atoms with Crippen molar-refractivity contribution in [1.29, 1.82) is 0 Å². The van der Waals surface area contributed by atoms with E-state index in [0.717, 1.165) is 21.7 Å². The number of nitrogen functional groups attached to an aromatic ring is 1. The standard InChI is InChI=1S/C12H11ClN2/c1-8-3-2-4-10(12(8)13)9-5-6-11(14)15-7-9/h2-7H,1H3,(H2,14,15). The number of anilines is 1. The number of rotatable bonds is 1. The third kappa shape index (κ3) is 1.95. The summed E-state index contributed by atoms with van der Waals surface area (Å²) in [7, 11) is 0. The Morgan fingerprint density at radius 1 is 1.20 bits per heavy atom. The van der Waals surface area contributed by atoms with E-state index in [2.05, 4.69) is 4.98 Å². The zero-order valence-electron chi connectivity index (χ0n) is 8.37. The predicted octanol–water partition coefficient (Wildman–Crippen LogP) is 3.29. The monoisotopic (exact) mass is 218 g/mol. The molecule has 0 saturated carbocycles. The van der Waals surface area contributed by atoms with Gasteiger partial charge in [0.25, 0.3) is 0 Å². The second-order valence-corrected chi connectivity index (χ2v) is 3.79. The fourth-order valence-electron chi connectivity index (χ4n) is 1.43. The number of aryl methyl sites for hydroxylation is 1. The smallest absolute Gasteiger partial charge is 0.123 e. The summed E-state index contributed by atoms with van der Waals surface area (Å²) >= 11 is 6.21. The molecular formula is C12H11ClN2. The lowest BCUT2D eigenvalue weighted by Gasteiger charge is -2.06. The molecule has 1 aromatic heterocycles. The summed E-state index contributed by atoms with van der Waals surface area (Å²) in [6, 6.07) is 9.63. The Bertz CT molecular complexity index is 477. The molecule has 2 N–H and O–H groups in total. The molecule has 0 amide bonds. The Morgan fingerprint density at radius 3 is 2.67 bits per heavy atom. The first-order valence-electron chi connectivity index (χ1n) is 4.65. The van der Waals surface area contributed by atoms with Crippen molar-refractivity contribution in [1.82, 2.24) is 4.98 Å². The molecule has 15 heavy (non-hydrogen) atoms. The van der Waals surface area contributed by atoms with Gasteiger partial charge in [0.05, 0.1) is 5.02 Å². The van der Waals surface area contributed by atoms with Gasteiger partial charge in [-0.25, -0.2) is 4.98 Å². The van der Waals surface area contributed by atoms with Crippen molar-refractivity contribution >= 4 is 17.4 Å². The van der Waals surface area contributed by atoms with E-state index < -0.39 is 0 Å². The van der Waals surface area contributed by atoms with Crippen LogP contribution in [0.1, 0.15) is 5.56 Å². The molecule has 0 spiro atoms. The van der Waals surface area contributed by atoms with Gasteiger partial charge in [0.1, 0.15) is 5.82 Å². The second-order valence-electron chi connectivity index (χ2n) is 3.41. The Labute approximate surface area is 93.7 Å². The van der Waals surface area contributed by atoms with E-state index in [1.807, 2.05) is 31.2 Å². The highest BCUT2D eigenvalue weighted by molar-refractivity contribution is 6.34. The van der Waals surface area contributed by atoms with E-state index in [1.54, 1.807) is 12.3 Å². The molecule has 3 heteroatoms. The van der Waals surface area contributed by atoms with Gasteiger partial charge in [-0.3, -0.25) is 0 Å². The summed E-state index contributed by atoms with van der Waals surface area (Å²) in [5, 5.41) is 0.768. The number of pyridine rings is 1. The highest BCUT2D eigenvalue weighted by Crippen LogP contribution is 2.29. The highest BCUT2D eigenvalue weighted by atomic mass is 35.5. The molecule has 0 aliphatic rings. The summed E-state index contributed by atoms with van der Waals surface area (Å²) in [5.74, 6) is 0.516. The van der Waals surface area contributed by atoms with Crippen molar-refractivity contribution in [3.8, 4) is 11.1 Å².